The lowest BCUT2D eigenvalue weighted by Gasteiger charge is -2.14. The van der Waals surface area contributed by atoms with Gasteiger partial charge in [-0.1, -0.05) is 19.4 Å². The highest BCUT2D eigenvalue weighted by molar-refractivity contribution is 4.92. The first-order valence-corrected chi connectivity index (χ1v) is 3.44. The Bertz CT molecular complexity index is 94.7. The Morgan fingerprint density at radius 2 is 2.00 bits per heavy atom. The molecule has 0 aliphatic rings. The summed E-state index contributed by atoms with van der Waals surface area (Å²) in [6.45, 7) is 10.1. The molecule has 0 saturated carbocycles. The number of rotatable bonds is 3. The van der Waals surface area contributed by atoms with Crippen molar-refractivity contribution in [3.8, 4) is 0 Å². The average molecular weight is 127 g/mol. The van der Waals surface area contributed by atoms with E-state index in [1.54, 1.807) is 0 Å². The minimum absolute atomic E-state index is 0.294. The number of hydrogen-bond donors (Lipinski definition) is 1. The topological polar surface area (TPSA) is 26.0 Å². The van der Waals surface area contributed by atoms with Crippen molar-refractivity contribution >= 4 is 0 Å². The normalized spacial score (nSPS) is 13.9. The van der Waals surface area contributed by atoms with E-state index in [-0.39, 0.29) is 0 Å². The standard InChI is InChI=1S/C8H17N/c1-6(2)5-8(9)7(3)4/h7-8H,1,5,9H2,2-4H3/t8-/m1/s1. The van der Waals surface area contributed by atoms with Crippen molar-refractivity contribution in [2.75, 3.05) is 0 Å². The van der Waals surface area contributed by atoms with Gasteiger partial charge in [0.2, 0.25) is 0 Å². The van der Waals surface area contributed by atoms with Gasteiger partial charge in [0, 0.05) is 6.04 Å². The van der Waals surface area contributed by atoms with Crippen LogP contribution in [0.1, 0.15) is 27.2 Å². The molecule has 0 heterocycles. The highest BCUT2D eigenvalue weighted by Gasteiger charge is 2.05. The Balaban J connectivity index is 3.50. The van der Waals surface area contributed by atoms with Gasteiger partial charge in [0.15, 0.2) is 0 Å². The maximum absolute atomic E-state index is 5.76. The van der Waals surface area contributed by atoms with E-state index in [9.17, 15) is 0 Å². The Morgan fingerprint density at radius 3 is 2.11 bits per heavy atom. The van der Waals surface area contributed by atoms with E-state index in [0.717, 1.165) is 6.42 Å². The molecule has 0 unspecified atom stereocenters. The zero-order valence-electron chi connectivity index (χ0n) is 6.65. The molecule has 0 amide bonds. The highest BCUT2D eigenvalue weighted by Crippen LogP contribution is 2.07. The molecule has 2 N–H and O–H groups in total. The van der Waals surface area contributed by atoms with Crippen molar-refractivity contribution in [3.63, 3.8) is 0 Å². The predicted molar refractivity (Wildman–Crippen MR) is 42.2 cm³/mol. The van der Waals surface area contributed by atoms with E-state index in [1.807, 2.05) is 6.92 Å². The molecule has 0 aromatic carbocycles. The smallest absolute Gasteiger partial charge is 0.00990 e. The lowest BCUT2D eigenvalue weighted by Crippen LogP contribution is -2.26. The third-order valence-corrected chi connectivity index (χ3v) is 1.44. The maximum atomic E-state index is 5.76. The van der Waals surface area contributed by atoms with Gasteiger partial charge < -0.3 is 5.73 Å². The predicted octanol–water partition coefficient (Wildman–Crippen LogP) is 1.94. The quantitative estimate of drug-likeness (QED) is 0.576. The fourth-order valence-electron chi connectivity index (χ4n) is 0.638. The van der Waals surface area contributed by atoms with Crippen molar-refractivity contribution in [2.45, 2.75) is 33.2 Å². The van der Waals surface area contributed by atoms with Crippen LogP contribution in [0.3, 0.4) is 0 Å². The van der Waals surface area contributed by atoms with Gasteiger partial charge in [-0.2, -0.15) is 0 Å². The Labute approximate surface area is 57.9 Å². The van der Waals surface area contributed by atoms with Crippen LogP contribution < -0.4 is 5.73 Å². The zero-order chi connectivity index (χ0) is 7.44. The van der Waals surface area contributed by atoms with E-state index >= 15 is 0 Å². The van der Waals surface area contributed by atoms with Crippen LogP contribution in [0.25, 0.3) is 0 Å². The summed E-state index contributed by atoms with van der Waals surface area (Å²) in [5.41, 5.74) is 6.93. The van der Waals surface area contributed by atoms with Gasteiger partial charge in [-0.15, -0.1) is 6.58 Å². The van der Waals surface area contributed by atoms with Gasteiger partial charge >= 0.3 is 0 Å². The number of nitrogens with two attached hydrogens (primary N) is 1. The summed E-state index contributed by atoms with van der Waals surface area (Å²) >= 11 is 0. The molecule has 54 valence electrons. The lowest BCUT2D eigenvalue weighted by atomic mass is 9.99. The summed E-state index contributed by atoms with van der Waals surface area (Å²) in [6.07, 6.45) is 0.956. The molecule has 0 fully saturated rings. The van der Waals surface area contributed by atoms with Crippen molar-refractivity contribution in [3.05, 3.63) is 12.2 Å². The van der Waals surface area contributed by atoms with Crippen LogP contribution in [-0.2, 0) is 0 Å². The van der Waals surface area contributed by atoms with Crippen LogP contribution in [0.15, 0.2) is 12.2 Å². The summed E-state index contributed by atoms with van der Waals surface area (Å²) in [4.78, 5) is 0. The van der Waals surface area contributed by atoms with Crippen LogP contribution in [0.4, 0.5) is 0 Å². The largest absolute Gasteiger partial charge is 0.327 e. The van der Waals surface area contributed by atoms with Gasteiger partial charge in [0.25, 0.3) is 0 Å². The Hall–Kier alpha value is -0.300. The van der Waals surface area contributed by atoms with E-state index in [2.05, 4.69) is 20.4 Å². The van der Waals surface area contributed by atoms with Gasteiger partial charge in [-0.3, -0.25) is 0 Å². The summed E-state index contributed by atoms with van der Waals surface area (Å²) in [5.74, 6) is 0.571. The van der Waals surface area contributed by atoms with E-state index in [1.165, 1.54) is 5.57 Å². The third-order valence-electron chi connectivity index (χ3n) is 1.44. The van der Waals surface area contributed by atoms with Crippen LogP contribution in [-0.4, -0.2) is 6.04 Å². The van der Waals surface area contributed by atoms with Crippen LogP contribution in [0.2, 0.25) is 0 Å². The molecule has 0 radical (unpaired) electrons. The molecule has 0 spiro atoms. The maximum Gasteiger partial charge on any atom is 0.00990 e. The first-order valence-electron chi connectivity index (χ1n) is 3.44. The van der Waals surface area contributed by atoms with E-state index in [0.29, 0.717) is 12.0 Å². The third kappa shape index (κ3) is 4.22. The van der Waals surface area contributed by atoms with E-state index < -0.39 is 0 Å². The van der Waals surface area contributed by atoms with Crippen molar-refractivity contribution < 1.29 is 0 Å². The molecule has 0 rings (SSSR count). The summed E-state index contributed by atoms with van der Waals surface area (Å²) in [6, 6.07) is 0.294. The molecule has 0 aliphatic heterocycles. The second-order valence-electron chi connectivity index (χ2n) is 3.07. The monoisotopic (exact) mass is 127 g/mol. The fourth-order valence-corrected chi connectivity index (χ4v) is 0.638. The average Bonchev–Trinajstić information content (AvgIpc) is 1.63. The minimum atomic E-state index is 0.294. The first-order chi connectivity index (χ1) is 4.04. The minimum Gasteiger partial charge on any atom is -0.327 e. The molecule has 1 heteroatoms. The van der Waals surface area contributed by atoms with Gasteiger partial charge in [-0.25, -0.2) is 0 Å². The lowest BCUT2D eigenvalue weighted by molar-refractivity contribution is 0.489. The molecule has 0 aromatic rings. The molecule has 0 bridgehead atoms. The summed E-state index contributed by atoms with van der Waals surface area (Å²) in [5, 5.41) is 0. The van der Waals surface area contributed by atoms with Crippen LogP contribution in [0.5, 0.6) is 0 Å². The molecule has 0 saturated heterocycles. The van der Waals surface area contributed by atoms with Crippen molar-refractivity contribution in [2.24, 2.45) is 11.7 Å². The van der Waals surface area contributed by atoms with Gasteiger partial charge in [0.05, 0.1) is 0 Å². The molecular weight excluding hydrogens is 110 g/mol. The molecule has 1 atom stereocenters. The van der Waals surface area contributed by atoms with Gasteiger partial charge in [-0.05, 0) is 19.3 Å². The molecule has 1 nitrogen and oxygen atoms in total. The fraction of sp³-hybridized carbons (Fsp3) is 0.750. The SMILES string of the molecule is C=C(C)C[C@@H](N)C(C)C. The highest BCUT2D eigenvalue weighted by atomic mass is 14.6. The Kier molecular flexibility index (Phi) is 3.55. The second-order valence-corrected chi connectivity index (χ2v) is 3.07. The first kappa shape index (κ1) is 8.70. The van der Waals surface area contributed by atoms with Gasteiger partial charge in [0.1, 0.15) is 0 Å². The van der Waals surface area contributed by atoms with Crippen LogP contribution in [0, 0.1) is 5.92 Å². The van der Waals surface area contributed by atoms with E-state index in [4.69, 9.17) is 5.73 Å². The summed E-state index contributed by atoms with van der Waals surface area (Å²) in [7, 11) is 0. The molecule has 0 aliphatic carbocycles. The Morgan fingerprint density at radius 1 is 1.56 bits per heavy atom. The zero-order valence-corrected chi connectivity index (χ0v) is 6.65. The molecule has 0 aromatic heterocycles. The summed E-state index contributed by atoms with van der Waals surface area (Å²) < 4.78 is 0. The molecule has 9 heavy (non-hydrogen) atoms. The second kappa shape index (κ2) is 3.67. The van der Waals surface area contributed by atoms with Crippen LogP contribution >= 0.6 is 0 Å². The molecular formula is C8H17N. The van der Waals surface area contributed by atoms with Crippen molar-refractivity contribution in [1.29, 1.82) is 0 Å². The number of hydrogen-bond acceptors (Lipinski definition) is 1. The van der Waals surface area contributed by atoms with Crippen molar-refractivity contribution in [1.82, 2.24) is 0 Å².